The predicted octanol–water partition coefficient (Wildman–Crippen LogP) is 1.13. The second-order valence-electron chi connectivity index (χ2n) is 7.46. The van der Waals surface area contributed by atoms with E-state index in [0.717, 1.165) is 19.6 Å². The van der Waals surface area contributed by atoms with Crippen LogP contribution >= 0.6 is 0 Å². The van der Waals surface area contributed by atoms with Gasteiger partial charge in [-0.2, -0.15) is 0 Å². The Morgan fingerprint density at radius 3 is 2.43 bits per heavy atom. The molecule has 0 aromatic heterocycles. The lowest BCUT2D eigenvalue weighted by molar-refractivity contribution is -0.917. The second kappa shape index (κ2) is 8.97. The molecule has 1 heterocycles. The summed E-state index contributed by atoms with van der Waals surface area (Å²) in [4.78, 5) is 29.6. The maximum Gasteiger partial charge on any atom is 0.254 e. The molecule has 2 aromatic rings. The molecule has 6 heteroatoms. The number of piperazine rings is 1. The fourth-order valence-corrected chi connectivity index (χ4v) is 3.55. The molecule has 0 unspecified atom stereocenters. The molecule has 1 saturated heterocycles. The van der Waals surface area contributed by atoms with Gasteiger partial charge in [0.25, 0.3) is 5.91 Å². The first-order chi connectivity index (χ1) is 13.4. The summed E-state index contributed by atoms with van der Waals surface area (Å²) in [6, 6.07) is 13.9. The number of carbonyl (C=O) groups excluding carboxylic acids is 2. The van der Waals surface area contributed by atoms with Crippen molar-refractivity contribution in [3.05, 3.63) is 71.0 Å². The average Bonchev–Trinajstić information content (AvgIpc) is 2.68. The van der Waals surface area contributed by atoms with Crippen molar-refractivity contribution in [2.24, 2.45) is 0 Å². The average molecular weight is 384 g/mol. The monoisotopic (exact) mass is 384 g/mol. The van der Waals surface area contributed by atoms with E-state index in [1.807, 2.05) is 4.90 Å². The van der Waals surface area contributed by atoms with Gasteiger partial charge in [-0.05, 0) is 31.2 Å². The van der Waals surface area contributed by atoms with Gasteiger partial charge in [0.15, 0.2) is 0 Å². The van der Waals surface area contributed by atoms with E-state index in [9.17, 15) is 14.0 Å². The van der Waals surface area contributed by atoms with Gasteiger partial charge < -0.3 is 14.7 Å². The number of nitrogens with one attached hydrogen (secondary N) is 1. The Bertz CT molecular complexity index is 830. The Morgan fingerprint density at radius 2 is 1.79 bits per heavy atom. The summed E-state index contributed by atoms with van der Waals surface area (Å²) in [7, 11) is 1.60. The van der Waals surface area contributed by atoms with Crippen molar-refractivity contribution in [1.29, 1.82) is 0 Å². The van der Waals surface area contributed by atoms with Gasteiger partial charge >= 0.3 is 0 Å². The van der Waals surface area contributed by atoms with Gasteiger partial charge in [0, 0.05) is 18.2 Å². The van der Waals surface area contributed by atoms with E-state index in [4.69, 9.17) is 0 Å². The van der Waals surface area contributed by atoms with Crippen molar-refractivity contribution >= 4 is 11.8 Å². The van der Waals surface area contributed by atoms with Crippen LogP contribution in [0.1, 0.15) is 21.5 Å². The Kier molecular flexibility index (Phi) is 6.41. The van der Waals surface area contributed by atoms with E-state index >= 15 is 0 Å². The predicted molar refractivity (Wildman–Crippen MR) is 106 cm³/mol. The summed E-state index contributed by atoms with van der Waals surface area (Å²) in [5.41, 5.74) is 2.96. The van der Waals surface area contributed by atoms with E-state index in [1.54, 1.807) is 7.05 Å². The Hall–Kier alpha value is -2.73. The molecule has 1 aliphatic heterocycles. The third kappa shape index (κ3) is 5.16. The second-order valence-corrected chi connectivity index (χ2v) is 7.46. The molecular weight excluding hydrogens is 357 g/mol. The maximum atomic E-state index is 13.0. The summed E-state index contributed by atoms with van der Waals surface area (Å²) < 4.78 is 13.0. The summed E-state index contributed by atoms with van der Waals surface area (Å²) in [5.74, 6) is -0.717. The largest absolute Gasteiger partial charge is 0.332 e. The SMILES string of the molecule is Cc1cccc(C[NH+]2CCN(C(=O)CN(C)C(=O)c3ccc(F)cc3)CC2)c1. The standard InChI is InChI=1S/C22H26FN3O2/c1-17-4-3-5-18(14-17)15-25-10-12-26(13-11-25)21(27)16-24(2)22(28)19-6-8-20(23)9-7-19/h3-9,14H,10-13,15-16H2,1-2H3/p+1. The van der Waals surface area contributed by atoms with Crippen LogP contribution in [-0.2, 0) is 11.3 Å². The number of hydrogen-bond acceptors (Lipinski definition) is 2. The highest BCUT2D eigenvalue weighted by atomic mass is 19.1. The van der Waals surface area contributed by atoms with Crippen LogP contribution in [0.2, 0.25) is 0 Å². The van der Waals surface area contributed by atoms with Crippen molar-refractivity contribution in [2.45, 2.75) is 13.5 Å². The minimum absolute atomic E-state index is 0.0312. The summed E-state index contributed by atoms with van der Waals surface area (Å²) in [5, 5.41) is 0. The zero-order chi connectivity index (χ0) is 20.1. The third-order valence-electron chi connectivity index (χ3n) is 5.17. The number of rotatable bonds is 5. The molecule has 28 heavy (non-hydrogen) atoms. The number of nitrogens with zero attached hydrogens (tertiary/aromatic N) is 2. The number of carbonyl (C=O) groups is 2. The number of benzene rings is 2. The number of amides is 2. The molecule has 3 rings (SSSR count). The number of hydrogen-bond donors (Lipinski definition) is 1. The Labute approximate surface area is 165 Å². The highest BCUT2D eigenvalue weighted by molar-refractivity contribution is 5.96. The molecule has 0 atom stereocenters. The van der Waals surface area contributed by atoms with Crippen LogP contribution in [0.5, 0.6) is 0 Å². The van der Waals surface area contributed by atoms with E-state index in [2.05, 4.69) is 31.2 Å². The van der Waals surface area contributed by atoms with E-state index in [1.165, 1.54) is 45.2 Å². The van der Waals surface area contributed by atoms with Crippen LogP contribution < -0.4 is 4.90 Å². The van der Waals surface area contributed by atoms with Gasteiger partial charge in [0.2, 0.25) is 5.91 Å². The van der Waals surface area contributed by atoms with E-state index in [0.29, 0.717) is 18.7 Å². The van der Waals surface area contributed by atoms with Gasteiger partial charge in [-0.1, -0.05) is 29.8 Å². The third-order valence-corrected chi connectivity index (χ3v) is 5.17. The Balaban J connectivity index is 1.48. The number of likely N-dealkylation sites (N-methyl/N-ethyl adjacent to an activating group) is 1. The summed E-state index contributed by atoms with van der Waals surface area (Å²) in [6.07, 6.45) is 0. The fourth-order valence-electron chi connectivity index (χ4n) is 3.55. The van der Waals surface area contributed by atoms with Gasteiger partial charge in [-0.3, -0.25) is 9.59 Å². The van der Waals surface area contributed by atoms with Crippen LogP contribution in [0.15, 0.2) is 48.5 Å². The van der Waals surface area contributed by atoms with Crippen molar-refractivity contribution in [3.63, 3.8) is 0 Å². The lowest BCUT2D eigenvalue weighted by Gasteiger charge is -2.33. The highest BCUT2D eigenvalue weighted by Crippen LogP contribution is 2.07. The molecule has 148 valence electrons. The Morgan fingerprint density at radius 1 is 1.11 bits per heavy atom. The maximum absolute atomic E-state index is 13.0. The molecule has 0 saturated carbocycles. The molecule has 0 bridgehead atoms. The van der Waals surface area contributed by atoms with Crippen LogP contribution in [0.3, 0.4) is 0 Å². The van der Waals surface area contributed by atoms with E-state index < -0.39 is 0 Å². The molecule has 0 aliphatic carbocycles. The molecule has 1 N–H and O–H groups in total. The van der Waals surface area contributed by atoms with Gasteiger partial charge in [0.1, 0.15) is 12.4 Å². The van der Waals surface area contributed by atoms with Crippen LogP contribution in [-0.4, -0.2) is 61.4 Å². The van der Waals surface area contributed by atoms with Gasteiger partial charge in [-0.25, -0.2) is 4.39 Å². The van der Waals surface area contributed by atoms with Gasteiger partial charge in [0.05, 0.1) is 32.7 Å². The first-order valence-electron chi connectivity index (χ1n) is 9.60. The number of quaternary nitrogens is 1. The van der Waals surface area contributed by atoms with Crippen molar-refractivity contribution in [2.75, 3.05) is 39.8 Å². The summed E-state index contributed by atoms with van der Waals surface area (Å²) in [6.45, 7) is 6.27. The summed E-state index contributed by atoms with van der Waals surface area (Å²) >= 11 is 0. The smallest absolute Gasteiger partial charge is 0.254 e. The van der Waals surface area contributed by atoms with E-state index in [-0.39, 0.29) is 24.2 Å². The first kappa shape index (κ1) is 20.0. The molecular formula is C22H27FN3O2+. The highest BCUT2D eigenvalue weighted by Gasteiger charge is 2.25. The number of halogens is 1. The zero-order valence-corrected chi connectivity index (χ0v) is 16.5. The lowest BCUT2D eigenvalue weighted by atomic mass is 10.1. The topological polar surface area (TPSA) is 45.1 Å². The van der Waals surface area contributed by atoms with Crippen LogP contribution in [0.25, 0.3) is 0 Å². The first-order valence-corrected chi connectivity index (χ1v) is 9.60. The minimum Gasteiger partial charge on any atom is -0.332 e. The number of aryl methyl sites for hydroxylation is 1. The molecule has 0 spiro atoms. The van der Waals surface area contributed by atoms with Crippen molar-refractivity contribution in [1.82, 2.24) is 9.80 Å². The lowest BCUT2D eigenvalue weighted by Crippen LogP contribution is -3.13. The molecule has 1 fully saturated rings. The zero-order valence-electron chi connectivity index (χ0n) is 16.5. The molecule has 0 radical (unpaired) electrons. The van der Waals surface area contributed by atoms with Crippen LogP contribution in [0, 0.1) is 12.7 Å². The van der Waals surface area contributed by atoms with Gasteiger partial charge in [-0.15, -0.1) is 0 Å². The molecule has 2 amide bonds. The molecule has 2 aromatic carbocycles. The van der Waals surface area contributed by atoms with Crippen molar-refractivity contribution in [3.8, 4) is 0 Å². The minimum atomic E-state index is -0.388. The fraction of sp³-hybridized carbons (Fsp3) is 0.364. The quantitative estimate of drug-likeness (QED) is 0.840. The normalized spacial score (nSPS) is 14.8. The van der Waals surface area contributed by atoms with Crippen LogP contribution in [0.4, 0.5) is 4.39 Å². The van der Waals surface area contributed by atoms with Crippen molar-refractivity contribution < 1.29 is 18.9 Å². The molecule has 5 nitrogen and oxygen atoms in total. The molecule has 1 aliphatic rings.